The third kappa shape index (κ3) is 4.69. The van der Waals surface area contributed by atoms with Gasteiger partial charge >= 0.3 is 18.6 Å². The Hall–Kier alpha value is -3.15. The van der Waals surface area contributed by atoms with Gasteiger partial charge in [-0.3, -0.25) is 4.79 Å². The van der Waals surface area contributed by atoms with Crippen molar-refractivity contribution in [3.8, 4) is 5.75 Å². The summed E-state index contributed by atoms with van der Waals surface area (Å²) < 4.78 is 65.3. The van der Waals surface area contributed by atoms with Crippen LogP contribution in [0.4, 0.5) is 17.6 Å². The second kappa shape index (κ2) is 9.55. The van der Waals surface area contributed by atoms with Gasteiger partial charge in [0.25, 0.3) is 0 Å². The van der Waals surface area contributed by atoms with Gasteiger partial charge in [0.15, 0.2) is 5.69 Å². The molecule has 0 amide bonds. The quantitative estimate of drug-likeness (QED) is 0.341. The first-order valence-electron chi connectivity index (χ1n) is 9.13. The van der Waals surface area contributed by atoms with E-state index in [0.717, 1.165) is 24.3 Å². The van der Waals surface area contributed by atoms with Gasteiger partial charge in [0.2, 0.25) is 0 Å². The van der Waals surface area contributed by atoms with E-state index in [0.29, 0.717) is 0 Å². The normalized spacial score (nSPS) is 12.2. The summed E-state index contributed by atoms with van der Waals surface area (Å²) in [5.74, 6) is -6.31. The first-order chi connectivity index (χ1) is 15.1. The monoisotopic (exact) mass is 518 g/mol. The number of benzene rings is 1. The summed E-state index contributed by atoms with van der Waals surface area (Å²) in [4.78, 5) is 28.3. The van der Waals surface area contributed by atoms with Crippen molar-refractivity contribution < 1.29 is 41.7 Å². The first-order valence-corrected chi connectivity index (χ1v) is 9.92. The van der Waals surface area contributed by atoms with Crippen LogP contribution in [0.15, 0.2) is 34.9 Å². The first kappa shape index (κ1) is 23.5. The number of pyridine rings is 1. The van der Waals surface area contributed by atoms with Crippen LogP contribution in [-0.2, 0) is 9.53 Å². The van der Waals surface area contributed by atoms with Crippen molar-refractivity contribution >= 4 is 33.5 Å². The molecule has 0 radical (unpaired) electrons. The molecular weight excluding hydrogens is 504 g/mol. The zero-order chi connectivity index (χ0) is 23.6. The maximum atomic E-state index is 14.9. The number of aromatic nitrogens is 2. The smallest absolute Gasteiger partial charge is 0.387 e. The average Bonchev–Trinajstić information content (AvgIpc) is 3.05. The highest BCUT2D eigenvalue weighted by molar-refractivity contribution is 9.10. The highest BCUT2D eigenvalue weighted by atomic mass is 79.9. The molecule has 0 saturated heterocycles. The number of imidazole rings is 1. The standard InChI is InChI=1S/C20H15BrF4N2O5/c1-2-31-19(30)17-18(27-8-10(21)12(23)7-14(27)26-17)9(6-15(28)29)16-11(22)4-3-5-13(16)32-20(24)25/h3-5,7-9,20H,2,6H2,1H3,(H,28,29). The molecule has 0 saturated carbocycles. The number of rotatable bonds is 8. The molecule has 1 atom stereocenters. The van der Waals surface area contributed by atoms with E-state index in [1.165, 1.54) is 17.5 Å². The van der Waals surface area contributed by atoms with Gasteiger partial charge in [-0.25, -0.2) is 18.6 Å². The topological polar surface area (TPSA) is 90.1 Å². The fourth-order valence-electron chi connectivity index (χ4n) is 3.30. The molecule has 3 rings (SSSR count). The molecule has 32 heavy (non-hydrogen) atoms. The minimum absolute atomic E-state index is 0.0623. The van der Waals surface area contributed by atoms with Gasteiger partial charge in [0.05, 0.1) is 23.2 Å². The van der Waals surface area contributed by atoms with Crippen molar-refractivity contribution in [2.75, 3.05) is 6.61 Å². The minimum Gasteiger partial charge on any atom is -0.481 e. The van der Waals surface area contributed by atoms with Crippen molar-refractivity contribution in [3.63, 3.8) is 0 Å². The third-order valence-electron chi connectivity index (χ3n) is 4.46. The molecule has 3 aromatic rings. The fraction of sp³-hybridized carbons (Fsp3) is 0.250. The van der Waals surface area contributed by atoms with Crippen LogP contribution in [0.2, 0.25) is 0 Å². The van der Waals surface area contributed by atoms with E-state index in [9.17, 15) is 32.3 Å². The van der Waals surface area contributed by atoms with Gasteiger partial charge < -0.3 is 19.0 Å². The SMILES string of the molecule is CCOC(=O)c1nc2cc(F)c(Br)cn2c1C(CC(=O)O)c1c(F)cccc1OC(F)F. The predicted molar refractivity (Wildman–Crippen MR) is 106 cm³/mol. The number of carbonyl (C=O) groups excluding carboxylic acids is 1. The summed E-state index contributed by atoms with van der Waals surface area (Å²) in [6.07, 6.45) is 0.342. The van der Waals surface area contributed by atoms with Crippen LogP contribution in [0.1, 0.15) is 41.0 Å². The number of carboxylic acid groups (broad SMARTS) is 1. The van der Waals surface area contributed by atoms with E-state index in [2.05, 4.69) is 25.7 Å². The lowest BCUT2D eigenvalue weighted by molar-refractivity contribution is -0.137. The Morgan fingerprint density at radius 2 is 1.97 bits per heavy atom. The highest BCUT2D eigenvalue weighted by Gasteiger charge is 2.34. The Labute approximate surface area is 186 Å². The zero-order valence-corrected chi connectivity index (χ0v) is 17.9. The van der Waals surface area contributed by atoms with Gasteiger partial charge in [-0.05, 0) is 35.0 Å². The molecule has 12 heteroatoms. The number of fused-ring (bicyclic) bond motifs is 1. The molecule has 0 spiro atoms. The Balaban J connectivity index is 2.38. The molecule has 1 unspecified atom stereocenters. The van der Waals surface area contributed by atoms with Crippen LogP contribution in [0, 0.1) is 11.6 Å². The number of hydrogen-bond donors (Lipinski definition) is 1. The molecule has 170 valence electrons. The fourth-order valence-corrected chi connectivity index (χ4v) is 3.62. The van der Waals surface area contributed by atoms with Crippen LogP contribution in [-0.4, -0.2) is 39.6 Å². The molecule has 0 aliphatic heterocycles. The number of hydrogen-bond acceptors (Lipinski definition) is 5. The van der Waals surface area contributed by atoms with E-state index in [1.54, 1.807) is 0 Å². The van der Waals surface area contributed by atoms with Gasteiger partial charge in [-0.2, -0.15) is 8.78 Å². The Bertz CT molecular complexity index is 1180. The summed E-state index contributed by atoms with van der Waals surface area (Å²) >= 11 is 2.99. The van der Waals surface area contributed by atoms with Gasteiger partial charge in [-0.15, -0.1) is 0 Å². The zero-order valence-electron chi connectivity index (χ0n) is 16.3. The second-order valence-corrected chi connectivity index (χ2v) is 7.30. The van der Waals surface area contributed by atoms with E-state index in [4.69, 9.17) is 4.74 Å². The molecule has 7 nitrogen and oxygen atoms in total. The molecule has 2 aromatic heterocycles. The van der Waals surface area contributed by atoms with Crippen LogP contribution < -0.4 is 4.74 Å². The number of alkyl halides is 2. The number of nitrogens with zero attached hydrogens (tertiary/aromatic N) is 2. The summed E-state index contributed by atoms with van der Waals surface area (Å²) in [5.41, 5.74) is -1.23. The van der Waals surface area contributed by atoms with E-state index in [-0.39, 0.29) is 22.4 Å². The summed E-state index contributed by atoms with van der Waals surface area (Å²) in [7, 11) is 0. The summed E-state index contributed by atoms with van der Waals surface area (Å²) in [6.45, 7) is -1.87. The molecule has 0 bridgehead atoms. The minimum atomic E-state index is -3.32. The largest absolute Gasteiger partial charge is 0.481 e. The molecule has 0 fully saturated rings. The van der Waals surface area contributed by atoms with Gasteiger partial charge in [0.1, 0.15) is 23.0 Å². The molecule has 1 N–H and O–H groups in total. The number of carbonyl (C=O) groups is 2. The van der Waals surface area contributed by atoms with Gasteiger partial charge in [-0.1, -0.05) is 6.07 Å². The number of carboxylic acids is 1. The molecular formula is C20H15BrF4N2O5. The van der Waals surface area contributed by atoms with Crippen LogP contribution in [0.3, 0.4) is 0 Å². The van der Waals surface area contributed by atoms with Crippen molar-refractivity contribution in [1.82, 2.24) is 9.38 Å². The third-order valence-corrected chi connectivity index (χ3v) is 5.04. The maximum Gasteiger partial charge on any atom is 0.387 e. The lowest BCUT2D eigenvalue weighted by Gasteiger charge is -2.21. The molecule has 2 heterocycles. The Morgan fingerprint density at radius 1 is 1.25 bits per heavy atom. The second-order valence-electron chi connectivity index (χ2n) is 6.44. The van der Waals surface area contributed by atoms with E-state index < -0.39 is 59.5 Å². The predicted octanol–water partition coefficient (Wildman–Crippen LogP) is 4.76. The number of esters is 1. The van der Waals surface area contributed by atoms with Crippen molar-refractivity contribution in [2.24, 2.45) is 0 Å². The average molecular weight is 519 g/mol. The van der Waals surface area contributed by atoms with Gasteiger partial charge in [0, 0.05) is 23.7 Å². The number of halogens is 5. The highest BCUT2D eigenvalue weighted by Crippen LogP contribution is 2.39. The number of aliphatic carboxylic acids is 1. The Morgan fingerprint density at radius 3 is 2.59 bits per heavy atom. The van der Waals surface area contributed by atoms with Crippen molar-refractivity contribution in [2.45, 2.75) is 25.9 Å². The van der Waals surface area contributed by atoms with E-state index >= 15 is 0 Å². The maximum absolute atomic E-state index is 14.9. The lowest BCUT2D eigenvalue weighted by Crippen LogP contribution is -2.18. The van der Waals surface area contributed by atoms with Crippen LogP contribution >= 0.6 is 15.9 Å². The van der Waals surface area contributed by atoms with Crippen molar-refractivity contribution in [1.29, 1.82) is 0 Å². The summed E-state index contributed by atoms with van der Waals surface area (Å²) in [5, 5.41) is 9.48. The van der Waals surface area contributed by atoms with E-state index in [1.807, 2.05) is 0 Å². The molecule has 0 aliphatic rings. The lowest BCUT2D eigenvalue weighted by atomic mass is 9.89. The van der Waals surface area contributed by atoms with Crippen molar-refractivity contribution in [3.05, 3.63) is 63.5 Å². The summed E-state index contributed by atoms with van der Waals surface area (Å²) in [6, 6.07) is 4.06. The molecule has 0 aliphatic carbocycles. The Kier molecular flexibility index (Phi) is 7.02. The van der Waals surface area contributed by atoms with Crippen LogP contribution in [0.25, 0.3) is 5.65 Å². The molecule has 1 aromatic carbocycles. The number of ether oxygens (including phenoxy) is 2. The van der Waals surface area contributed by atoms with Crippen LogP contribution in [0.5, 0.6) is 5.75 Å².